The second-order valence-corrected chi connectivity index (χ2v) is 11.3. The van der Waals surface area contributed by atoms with Gasteiger partial charge in [-0.15, -0.1) is 0 Å². The number of likely N-dealkylation sites (tertiary alicyclic amines) is 1. The minimum Gasteiger partial charge on any atom is -0.338 e. The average Bonchev–Trinajstić information content (AvgIpc) is 3.31. The lowest BCUT2D eigenvalue weighted by Crippen LogP contribution is -2.58. The van der Waals surface area contributed by atoms with Gasteiger partial charge in [0.2, 0.25) is 5.91 Å². The number of aromatic nitrogens is 2. The van der Waals surface area contributed by atoms with Gasteiger partial charge in [0, 0.05) is 51.5 Å². The fourth-order valence-electron chi connectivity index (χ4n) is 5.71. The highest BCUT2D eigenvalue weighted by molar-refractivity contribution is 5.89. The van der Waals surface area contributed by atoms with Crippen LogP contribution in [0.15, 0.2) is 17.1 Å². The first-order valence-corrected chi connectivity index (χ1v) is 13.3. The Labute approximate surface area is 213 Å². The van der Waals surface area contributed by atoms with Gasteiger partial charge in [0.05, 0.1) is 5.54 Å². The molecule has 3 aliphatic rings. The Morgan fingerprint density at radius 2 is 1.69 bits per heavy atom. The highest BCUT2D eigenvalue weighted by atomic mass is 16.2. The summed E-state index contributed by atoms with van der Waals surface area (Å²) in [6.45, 7) is 9.20. The lowest BCUT2D eigenvalue weighted by atomic mass is 9.85. The van der Waals surface area contributed by atoms with E-state index in [4.69, 9.17) is 11.5 Å². The average molecular weight is 503 g/mol. The normalized spacial score (nSPS) is 25.7. The van der Waals surface area contributed by atoms with Crippen LogP contribution in [0.2, 0.25) is 0 Å². The van der Waals surface area contributed by atoms with E-state index >= 15 is 0 Å². The summed E-state index contributed by atoms with van der Waals surface area (Å²) in [7, 11) is 0. The third kappa shape index (κ3) is 6.43. The number of nitrogens with one attached hydrogen (secondary N) is 1. The zero-order valence-corrected chi connectivity index (χ0v) is 21.7. The van der Waals surface area contributed by atoms with E-state index in [0.717, 1.165) is 51.9 Å². The molecule has 3 heterocycles. The molecule has 1 unspecified atom stereocenters. The van der Waals surface area contributed by atoms with Crippen molar-refractivity contribution in [2.75, 3.05) is 57.7 Å². The molecule has 3 amide bonds. The number of hydrogen-bond acceptors (Lipinski definition) is 7. The smallest absolute Gasteiger partial charge is 0.338 e. The summed E-state index contributed by atoms with van der Waals surface area (Å²) in [6.07, 6.45) is 7.11. The zero-order valence-electron chi connectivity index (χ0n) is 21.7. The zero-order chi connectivity index (χ0) is 25.9. The number of anilines is 1. The van der Waals surface area contributed by atoms with Gasteiger partial charge in [-0.2, -0.15) is 4.98 Å². The Morgan fingerprint density at radius 3 is 2.28 bits per heavy atom. The highest BCUT2D eigenvalue weighted by Crippen LogP contribution is 2.32. The summed E-state index contributed by atoms with van der Waals surface area (Å²) in [5.74, 6) is 1.44. The first kappa shape index (κ1) is 26.6. The van der Waals surface area contributed by atoms with Gasteiger partial charge in [0.25, 0.3) is 0 Å². The van der Waals surface area contributed by atoms with E-state index in [1.54, 1.807) is 40.5 Å². The van der Waals surface area contributed by atoms with E-state index in [1.165, 1.54) is 6.42 Å². The van der Waals surface area contributed by atoms with Crippen LogP contribution in [0.4, 0.5) is 10.6 Å². The van der Waals surface area contributed by atoms with E-state index in [2.05, 4.69) is 15.2 Å². The first-order valence-electron chi connectivity index (χ1n) is 13.3. The van der Waals surface area contributed by atoms with Gasteiger partial charge in [-0.1, -0.05) is 0 Å². The lowest BCUT2D eigenvalue weighted by Gasteiger charge is -2.37. The SMILES string of the molecule is CC(C)(N)C(=O)N1CCN(C(=O)Nc2ccn([C@H]3CC[C@H](CN4CCC(CN)C4)CC3)c(=O)n2)CC1. The largest absolute Gasteiger partial charge is 0.349 e. The minimum atomic E-state index is -0.931. The van der Waals surface area contributed by atoms with Crippen LogP contribution in [0.5, 0.6) is 0 Å². The van der Waals surface area contributed by atoms with Gasteiger partial charge in [-0.05, 0) is 76.9 Å². The van der Waals surface area contributed by atoms with Crippen molar-refractivity contribution in [3.8, 4) is 0 Å². The third-order valence-electron chi connectivity index (χ3n) is 7.90. The molecule has 36 heavy (non-hydrogen) atoms. The summed E-state index contributed by atoms with van der Waals surface area (Å²) < 4.78 is 1.71. The van der Waals surface area contributed by atoms with Crippen molar-refractivity contribution in [3.05, 3.63) is 22.7 Å². The van der Waals surface area contributed by atoms with Crippen molar-refractivity contribution in [1.82, 2.24) is 24.3 Å². The molecule has 1 atom stereocenters. The molecule has 2 saturated heterocycles. The Kier molecular flexibility index (Phi) is 8.31. The fourth-order valence-corrected chi connectivity index (χ4v) is 5.71. The molecule has 1 aromatic heterocycles. The van der Waals surface area contributed by atoms with Crippen LogP contribution in [0.3, 0.4) is 0 Å². The van der Waals surface area contributed by atoms with E-state index in [9.17, 15) is 14.4 Å². The molecule has 0 radical (unpaired) electrons. The number of nitrogens with two attached hydrogens (primary N) is 2. The van der Waals surface area contributed by atoms with E-state index in [0.29, 0.717) is 38.0 Å². The Bertz CT molecular complexity index is 974. The molecule has 4 rings (SSSR count). The molecule has 1 saturated carbocycles. The molecule has 0 spiro atoms. The standard InChI is InChI=1S/C25H42N8O3/c1-25(2,27)22(34)31-11-13-32(14-12-31)23(35)28-21-8-10-33(24(36)29-21)20-5-3-18(4-6-20)16-30-9-7-19(15-26)17-30/h8,10,18-20H,3-7,9,11-17,26-27H2,1-2H3,(H,28,29,35,36)/t18-,19?,20-. The highest BCUT2D eigenvalue weighted by Gasteiger charge is 2.32. The van der Waals surface area contributed by atoms with Crippen LogP contribution in [0, 0.1) is 11.8 Å². The Balaban J connectivity index is 1.24. The van der Waals surface area contributed by atoms with E-state index < -0.39 is 5.54 Å². The minimum absolute atomic E-state index is 0.127. The molecule has 0 aromatic carbocycles. The van der Waals surface area contributed by atoms with Gasteiger partial charge in [0.1, 0.15) is 5.82 Å². The van der Waals surface area contributed by atoms with Gasteiger partial charge < -0.3 is 26.2 Å². The van der Waals surface area contributed by atoms with Crippen LogP contribution < -0.4 is 22.5 Å². The van der Waals surface area contributed by atoms with Crippen molar-refractivity contribution in [2.45, 2.75) is 57.5 Å². The van der Waals surface area contributed by atoms with Crippen LogP contribution in [-0.4, -0.2) is 94.1 Å². The summed E-state index contributed by atoms with van der Waals surface area (Å²) in [5, 5.41) is 2.73. The molecule has 1 aliphatic carbocycles. The second-order valence-electron chi connectivity index (χ2n) is 11.3. The quantitative estimate of drug-likeness (QED) is 0.519. The van der Waals surface area contributed by atoms with Crippen LogP contribution in [-0.2, 0) is 4.79 Å². The number of amides is 3. The van der Waals surface area contributed by atoms with Crippen molar-refractivity contribution in [3.63, 3.8) is 0 Å². The lowest BCUT2D eigenvalue weighted by molar-refractivity contribution is -0.137. The molecule has 5 N–H and O–H groups in total. The number of carbonyl (C=O) groups excluding carboxylic acids is 2. The van der Waals surface area contributed by atoms with Gasteiger partial charge in [-0.3, -0.25) is 14.7 Å². The number of rotatable bonds is 6. The van der Waals surface area contributed by atoms with Crippen molar-refractivity contribution in [2.24, 2.45) is 23.3 Å². The van der Waals surface area contributed by atoms with Crippen molar-refractivity contribution < 1.29 is 9.59 Å². The van der Waals surface area contributed by atoms with Crippen LogP contribution >= 0.6 is 0 Å². The molecule has 200 valence electrons. The maximum atomic E-state index is 12.7. The molecular weight excluding hydrogens is 460 g/mol. The maximum Gasteiger partial charge on any atom is 0.349 e. The molecular formula is C25H42N8O3. The summed E-state index contributed by atoms with van der Waals surface area (Å²) in [6, 6.07) is 1.52. The number of nitrogens with zero attached hydrogens (tertiary/aromatic N) is 5. The molecule has 0 bridgehead atoms. The van der Waals surface area contributed by atoms with Crippen molar-refractivity contribution >= 4 is 17.8 Å². The summed E-state index contributed by atoms with van der Waals surface area (Å²) >= 11 is 0. The van der Waals surface area contributed by atoms with Gasteiger partial charge >= 0.3 is 11.7 Å². The predicted molar refractivity (Wildman–Crippen MR) is 139 cm³/mol. The predicted octanol–water partition coefficient (Wildman–Crippen LogP) is 0.669. The van der Waals surface area contributed by atoms with E-state index in [1.807, 2.05) is 0 Å². The summed E-state index contributed by atoms with van der Waals surface area (Å²) in [4.78, 5) is 47.7. The third-order valence-corrected chi connectivity index (χ3v) is 7.90. The van der Waals surface area contributed by atoms with Gasteiger partial charge in [0.15, 0.2) is 0 Å². The van der Waals surface area contributed by atoms with E-state index in [-0.39, 0.29) is 29.5 Å². The first-order chi connectivity index (χ1) is 17.1. The topological polar surface area (TPSA) is 143 Å². The number of hydrogen-bond donors (Lipinski definition) is 3. The Hall–Kier alpha value is -2.50. The van der Waals surface area contributed by atoms with Crippen LogP contribution in [0.1, 0.15) is 52.0 Å². The molecule has 3 fully saturated rings. The Morgan fingerprint density at radius 1 is 1.03 bits per heavy atom. The van der Waals surface area contributed by atoms with Gasteiger partial charge in [-0.25, -0.2) is 9.59 Å². The van der Waals surface area contributed by atoms with Crippen LogP contribution in [0.25, 0.3) is 0 Å². The number of carbonyl (C=O) groups is 2. The molecule has 2 aliphatic heterocycles. The molecule has 1 aromatic rings. The summed E-state index contributed by atoms with van der Waals surface area (Å²) in [5.41, 5.74) is 10.5. The maximum absolute atomic E-state index is 12.7. The van der Waals surface area contributed by atoms with Crippen molar-refractivity contribution in [1.29, 1.82) is 0 Å². The fraction of sp³-hybridized carbons (Fsp3) is 0.760. The number of piperazine rings is 1. The molecule has 11 nitrogen and oxygen atoms in total. The monoisotopic (exact) mass is 502 g/mol. The number of urea groups is 1. The second kappa shape index (κ2) is 11.3. The molecule has 11 heteroatoms.